The molecule has 0 saturated heterocycles. The molecule has 0 saturated carbocycles. The molecule has 2 heterocycles. The average Bonchev–Trinajstić information content (AvgIpc) is 3.11. The summed E-state index contributed by atoms with van der Waals surface area (Å²) in [6.45, 7) is 2.45. The molecule has 21 heavy (non-hydrogen) atoms. The van der Waals surface area contributed by atoms with Gasteiger partial charge < -0.3 is 10.3 Å². The quantitative estimate of drug-likeness (QED) is 0.768. The number of hydrogen-bond acceptors (Lipinski definition) is 6. The monoisotopic (exact) mass is 284 g/mol. The molecule has 0 radical (unpaired) electrons. The van der Waals surface area contributed by atoms with Crippen LogP contribution in [0.3, 0.4) is 0 Å². The molecule has 108 valence electrons. The molecule has 2 aromatic heterocycles. The number of benzene rings is 1. The van der Waals surface area contributed by atoms with E-state index in [1.165, 1.54) is 0 Å². The van der Waals surface area contributed by atoms with E-state index in [0.29, 0.717) is 24.1 Å². The van der Waals surface area contributed by atoms with Crippen LogP contribution in [-0.2, 0) is 13.0 Å². The number of hydrogen-bond donors (Lipinski definition) is 1. The Morgan fingerprint density at radius 2 is 2.05 bits per heavy atom. The van der Waals surface area contributed by atoms with Gasteiger partial charge in [0, 0.05) is 5.56 Å². The lowest BCUT2D eigenvalue weighted by Crippen LogP contribution is -2.07. The fraction of sp³-hybridized carbons (Fsp3) is 0.286. The Hall–Kier alpha value is -2.70. The number of nitrogens with two attached hydrogens (primary N) is 1. The number of aromatic nitrogens is 5. The van der Waals surface area contributed by atoms with E-state index in [2.05, 4.69) is 27.4 Å². The Balaban J connectivity index is 1.82. The van der Waals surface area contributed by atoms with Crippen LogP contribution >= 0.6 is 0 Å². The molecule has 1 aromatic carbocycles. The minimum absolute atomic E-state index is 0.374. The van der Waals surface area contributed by atoms with Crippen molar-refractivity contribution in [2.24, 2.45) is 0 Å². The molecule has 3 aromatic rings. The van der Waals surface area contributed by atoms with Crippen LogP contribution in [0.5, 0.6) is 0 Å². The zero-order valence-corrected chi connectivity index (χ0v) is 11.7. The van der Waals surface area contributed by atoms with E-state index in [0.717, 1.165) is 24.1 Å². The molecule has 7 nitrogen and oxygen atoms in total. The average molecular weight is 284 g/mol. The van der Waals surface area contributed by atoms with E-state index in [1.807, 2.05) is 30.3 Å². The van der Waals surface area contributed by atoms with Gasteiger partial charge >= 0.3 is 0 Å². The Kier molecular flexibility index (Phi) is 3.63. The fourth-order valence-corrected chi connectivity index (χ4v) is 2.12. The van der Waals surface area contributed by atoms with Gasteiger partial charge in [0.1, 0.15) is 6.54 Å². The number of nitrogens with zero attached hydrogens (tertiary/aromatic N) is 5. The molecular weight excluding hydrogens is 268 g/mol. The second-order valence-corrected chi connectivity index (χ2v) is 4.71. The van der Waals surface area contributed by atoms with Crippen LogP contribution in [0.2, 0.25) is 0 Å². The Morgan fingerprint density at radius 3 is 2.81 bits per heavy atom. The lowest BCUT2D eigenvalue weighted by molar-refractivity contribution is 0.362. The van der Waals surface area contributed by atoms with Crippen molar-refractivity contribution >= 4 is 5.82 Å². The molecule has 0 aliphatic rings. The molecule has 0 aliphatic carbocycles. The molecule has 0 spiro atoms. The van der Waals surface area contributed by atoms with Crippen LogP contribution < -0.4 is 5.73 Å². The molecule has 7 heteroatoms. The zero-order chi connectivity index (χ0) is 14.7. The van der Waals surface area contributed by atoms with Crippen LogP contribution in [0.25, 0.3) is 11.4 Å². The summed E-state index contributed by atoms with van der Waals surface area (Å²) in [6.07, 6.45) is 1.79. The van der Waals surface area contributed by atoms with Crippen molar-refractivity contribution in [3.63, 3.8) is 0 Å². The van der Waals surface area contributed by atoms with Crippen molar-refractivity contribution in [2.45, 2.75) is 26.3 Å². The van der Waals surface area contributed by atoms with E-state index in [1.54, 1.807) is 4.68 Å². The summed E-state index contributed by atoms with van der Waals surface area (Å²) < 4.78 is 6.98. The minimum atomic E-state index is 0.374. The molecule has 0 bridgehead atoms. The number of nitrogen functional groups attached to an aromatic ring is 1. The maximum absolute atomic E-state index is 5.82. The van der Waals surface area contributed by atoms with Gasteiger partial charge in [-0.2, -0.15) is 4.98 Å². The van der Waals surface area contributed by atoms with Crippen LogP contribution in [0, 0.1) is 0 Å². The second-order valence-electron chi connectivity index (χ2n) is 4.71. The first-order valence-electron chi connectivity index (χ1n) is 6.83. The molecule has 0 atom stereocenters. The van der Waals surface area contributed by atoms with Crippen molar-refractivity contribution in [1.29, 1.82) is 0 Å². The highest BCUT2D eigenvalue weighted by Gasteiger charge is 2.14. The molecule has 0 aliphatic heterocycles. The van der Waals surface area contributed by atoms with E-state index >= 15 is 0 Å². The summed E-state index contributed by atoms with van der Waals surface area (Å²) in [4.78, 5) is 4.38. The Labute approximate surface area is 121 Å². The van der Waals surface area contributed by atoms with E-state index in [4.69, 9.17) is 10.3 Å². The summed E-state index contributed by atoms with van der Waals surface area (Å²) in [5.41, 5.74) is 7.63. The van der Waals surface area contributed by atoms with Crippen LogP contribution in [-0.4, -0.2) is 25.1 Å². The van der Waals surface area contributed by atoms with Gasteiger partial charge in [0.2, 0.25) is 11.7 Å². The summed E-state index contributed by atoms with van der Waals surface area (Å²) in [6, 6.07) is 9.68. The summed E-state index contributed by atoms with van der Waals surface area (Å²) >= 11 is 0. The van der Waals surface area contributed by atoms with E-state index in [-0.39, 0.29) is 0 Å². The van der Waals surface area contributed by atoms with Crippen molar-refractivity contribution in [2.75, 3.05) is 5.73 Å². The van der Waals surface area contributed by atoms with Gasteiger partial charge in [-0.1, -0.05) is 54.0 Å². The molecule has 3 rings (SSSR count). The maximum Gasteiger partial charge on any atom is 0.248 e. The largest absolute Gasteiger partial charge is 0.381 e. The zero-order valence-electron chi connectivity index (χ0n) is 11.7. The summed E-state index contributed by atoms with van der Waals surface area (Å²) in [5, 5.41) is 11.9. The number of rotatable bonds is 5. The predicted octanol–water partition coefficient (Wildman–Crippen LogP) is 1.91. The molecule has 0 amide bonds. The molecular formula is C14H16N6O. The van der Waals surface area contributed by atoms with Gasteiger partial charge in [-0.25, -0.2) is 4.68 Å². The maximum atomic E-state index is 5.82. The highest BCUT2D eigenvalue weighted by molar-refractivity contribution is 5.53. The first kappa shape index (κ1) is 13.3. The second kappa shape index (κ2) is 5.74. The summed E-state index contributed by atoms with van der Waals surface area (Å²) in [7, 11) is 0. The van der Waals surface area contributed by atoms with Crippen molar-refractivity contribution in [3.05, 3.63) is 41.9 Å². The smallest absolute Gasteiger partial charge is 0.248 e. The van der Waals surface area contributed by atoms with Crippen LogP contribution in [0.1, 0.15) is 24.9 Å². The van der Waals surface area contributed by atoms with Gasteiger partial charge in [-0.3, -0.25) is 0 Å². The molecule has 0 fully saturated rings. The lowest BCUT2D eigenvalue weighted by Gasteiger charge is -2.02. The standard InChI is InChI=1S/C14H16N6O/c1-2-6-11-13(15)17-19-20(11)9-12-16-14(18-21-12)10-7-4-3-5-8-10/h3-5,7-8H,2,6,9,15H2,1H3. The first-order valence-corrected chi connectivity index (χ1v) is 6.83. The van der Waals surface area contributed by atoms with Gasteiger partial charge in [-0.15, -0.1) is 5.10 Å². The third kappa shape index (κ3) is 2.76. The topological polar surface area (TPSA) is 95.7 Å². The van der Waals surface area contributed by atoms with Gasteiger partial charge in [-0.05, 0) is 6.42 Å². The normalized spacial score (nSPS) is 10.9. The van der Waals surface area contributed by atoms with E-state index < -0.39 is 0 Å². The van der Waals surface area contributed by atoms with Gasteiger partial charge in [0.15, 0.2) is 5.82 Å². The van der Waals surface area contributed by atoms with E-state index in [9.17, 15) is 0 Å². The van der Waals surface area contributed by atoms with Crippen LogP contribution in [0.15, 0.2) is 34.9 Å². The van der Waals surface area contributed by atoms with Crippen molar-refractivity contribution in [3.8, 4) is 11.4 Å². The molecule has 0 unspecified atom stereocenters. The van der Waals surface area contributed by atoms with Gasteiger partial charge in [0.25, 0.3) is 0 Å². The first-order chi connectivity index (χ1) is 10.3. The number of anilines is 1. The predicted molar refractivity (Wildman–Crippen MR) is 77.3 cm³/mol. The lowest BCUT2D eigenvalue weighted by atomic mass is 10.2. The molecule has 2 N–H and O–H groups in total. The van der Waals surface area contributed by atoms with Crippen molar-refractivity contribution < 1.29 is 4.52 Å². The third-order valence-electron chi connectivity index (χ3n) is 3.14. The summed E-state index contributed by atoms with van der Waals surface area (Å²) in [5.74, 6) is 1.51. The fourth-order valence-electron chi connectivity index (χ4n) is 2.12. The minimum Gasteiger partial charge on any atom is -0.381 e. The highest BCUT2D eigenvalue weighted by Crippen LogP contribution is 2.16. The Morgan fingerprint density at radius 1 is 1.24 bits per heavy atom. The van der Waals surface area contributed by atoms with Gasteiger partial charge in [0.05, 0.1) is 5.69 Å². The van der Waals surface area contributed by atoms with Crippen molar-refractivity contribution in [1.82, 2.24) is 25.1 Å². The SMILES string of the molecule is CCCc1c(N)nnn1Cc1nc(-c2ccccc2)no1. The third-order valence-corrected chi connectivity index (χ3v) is 3.14. The highest BCUT2D eigenvalue weighted by atomic mass is 16.5. The Bertz CT molecular complexity index is 718. The van der Waals surface area contributed by atoms with Crippen LogP contribution in [0.4, 0.5) is 5.82 Å².